The molecule has 0 bridgehead atoms. The summed E-state index contributed by atoms with van der Waals surface area (Å²) < 4.78 is 46.9. The molecule has 0 unspecified atom stereocenters. The molecule has 8 nitrogen and oxygen atoms in total. The van der Waals surface area contributed by atoms with Crippen LogP contribution in [0.4, 0.5) is 13.2 Å². The number of benzene rings is 1. The molecule has 1 aliphatic heterocycles. The molecule has 0 atom stereocenters. The fourth-order valence-corrected chi connectivity index (χ4v) is 3.62. The molecule has 0 aliphatic carbocycles. The Bertz CT molecular complexity index is 1250. The zero-order valence-electron chi connectivity index (χ0n) is 15.2. The highest BCUT2D eigenvalue weighted by atomic mass is 79.9. The predicted molar refractivity (Wildman–Crippen MR) is 103 cm³/mol. The van der Waals surface area contributed by atoms with Gasteiger partial charge in [0.2, 0.25) is 0 Å². The molecule has 4 aromatic rings. The normalized spacial score (nSPS) is 12.6. The number of aromatic nitrogens is 7. The number of rotatable bonds is 2. The van der Waals surface area contributed by atoms with Crippen molar-refractivity contribution in [1.82, 2.24) is 34.5 Å². The molecule has 3 aromatic heterocycles. The molecule has 0 fully saturated rings. The Morgan fingerprint density at radius 1 is 1.20 bits per heavy atom. The van der Waals surface area contributed by atoms with E-state index < -0.39 is 12.1 Å². The first-order valence-electron chi connectivity index (χ1n) is 8.46. The van der Waals surface area contributed by atoms with E-state index in [1.54, 1.807) is 11.0 Å². The highest BCUT2D eigenvalue weighted by Crippen LogP contribution is 2.34. The summed E-state index contributed by atoms with van der Waals surface area (Å²) in [6, 6.07) is 5.78. The number of hydrogen-bond donors (Lipinski definition) is 0. The van der Waals surface area contributed by atoms with Crippen molar-refractivity contribution < 1.29 is 17.7 Å². The van der Waals surface area contributed by atoms with Crippen molar-refractivity contribution in [3.63, 3.8) is 0 Å². The average Bonchev–Trinajstić information content (AvgIpc) is 3.34. The SMILES string of the molecule is Cc1ncn2c1Cn1nc(Cc3noc(C(F)(F)F)n3)nc1-c1cc(Br)ccc1-2.Cl. The third-order valence-electron chi connectivity index (χ3n) is 4.58. The van der Waals surface area contributed by atoms with Crippen molar-refractivity contribution >= 4 is 28.3 Å². The van der Waals surface area contributed by atoms with Gasteiger partial charge in [0, 0.05) is 10.0 Å². The summed E-state index contributed by atoms with van der Waals surface area (Å²) in [6.07, 6.45) is -3.02. The number of nitrogens with zero attached hydrogens (tertiary/aromatic N) is 7. The molecule has 5 rings (SSSR count). The Balaban J connectivity index is 0.00000218. The number of imidazole rings is 1. The van der Waals surface area contributed by atoms with Crippen molar-refractivity contribution in [1.29, 1.82) is 0 Å². The third kappa shape index (κ3) is 3.39. The molecular formula is C17H12BrClF3N7O. The Hall–Kier alpha value is -2.73. The Labute approximate surface area is 181 Å². The van der Waals surface area contributed by atoms with E-state index in [4.69, 9.17) is 0 Å². The summed E-state index contributed by atoms with van der Waals surface area (Å²) in [5.74, 6) is -0.624. The summed E-state index contributed by atoms with van der Waals surface area (Å²) in [4.78, 5) is 12.3. The minimum atomic E-state index is -4.69. The lowest BCUT2D eigenvalue weighted by Crippen LogP contribution is -2.07. The van der Waals surface area contributed by atoms with E-state index in [1.165, 1.54) is 0 Å². The lowest BCUT2D eigenvalue weighted by Gasteiger charge is -2.08. The Morgan fingerprint density at radius 2 is 2.00 bits per heavy atom. The highest BCUT2D eigenvalue weighted by molar-refractivity contribution is 9.10. The molecule has 1 aliphatic rings. The van der Waals surface area contributed by atoms with Crippen LogP contribution in [-0.4, -0.2) is 34.5 Å². The average molecular weight is 503 g/mol. The van der Waals surface area contributed by atoms with E-state index in [9.17, 15) is 13.2 Å². The smallest absolute Gasteiger partial charge is 0.329 e. The first-order valence-corrected chi connectivity index (χ1v) is 9.25. The van der Waals surface area contributed by atoms with Gasteiger partial charge in [-0.25, -0.2) is 14.6 Å². The first kappa shape index (κ1) is 20.5. The molecule has 0 saturated carbocycles. The van der Waals surface area contributed by atoms with Crippen LogP contribution >= 0.6 is 28.3 Å². The standard InChI is InChI=1S/C17H11BrF3N7O.ClH/c1-8-12-6-28-15(10-4-9(18)2-3-11(10)27(12)7-22-8)23-13(25-28)5-14-24-16(29-26-14)17(19,20)21;/h2-4,7H,5-6H2,1H3;1H. The first-order chi connectivity index (χ1) is 13.8. The van der Waals surface area contributed by atoms with Crippen molar-refractivity contribution in [3.05, 3.63) is 57.9 Å². The van der Waals surface area contributed by atoms with Crippen LogP contribution in [0.2, 0.25) is 0 Å². The summed E-state index contributed by atoms with van der Waals surface area (Å²) in [7, 11) is 0. The number of fused-ring (bicyclic) bond motifs is 5. The van der Waals surface area contributed by atoms with Crippen LogP contribution < -0.4 is 0 Å². The fraction of sp³-hybridized carbons (Fsp3) is 0.235. The van der Waals surface area contributed by atoms with Crippen LogP contribution in [0.3, 0.4) is 0 Å². The minimum absolute atomic E-state index is 0. The monoisotopic (exact) mass is 501 g/mol. The van der Waals surface area contributed by atoms with Crippen LogP contribution in [0.5, 0.6) is 0 Å². The van der Waals surface area contributed by atoms with Gasteiger partial charge in [-0.05, 0) is 25.1 Å². The molecule has 0 saturated heterocycles. The molecule has 156 valence electrons. The van der Waals surface area contributed by atoms with E-state index in [1.807, 2.05) is 29.7 Å². The molecule has 0 radical (unpaired) electrons. The third-order valence-corrected chi connectivity index (χ3v) is 5.07. The topological polar surface area (TPSA) is 87.5 Å². The van der Waals surface area contributed by atoms with Crippen LogP contribution in [0.15, 0.2) is 33.5 Å². The van der Waals surface area contributed by atoms with Gasteiger partial charge in [-0.2, -0.15) is 23.3 Å². The maximum Gasteiger partial charge on any atom is 0.471 e. The van der Waals surface area contributed by atoms with Gasteiger partial charge in [-0.1, -0.05) is 21.1 Å². The summed E-state index contributed by atoms with van der Waals surface area (Å²) in [5, 5.41) is 7.86. The van der Waals surface area contributed by atoms with Crippen molar-refractivity contribution in [2.75, 3.05) is 0 Å². The molecule has 30 heavy (non-hydrogen) atoms. The lowest BCUT2D eigenvalue weighted by molar-refractivity contribution is -0.159. The zero-order chi connectivity index (χ0) is 20.3. The van der Waals surface area contributed by atoms with Gasteiger partial charge >= 0.3 is 12.1 Å². The van der Waals surface area contributed by atoms with Crippen molar-refractivity contribution in [2.45, 2.75) is 26.1 Å². The molecule has 13 heteroatoms. The van der Waals surface area contributed by atoms with Crippen molar-refractivity contribution in [2.24, 2.45) is 0 Å². The van der Waals surface area contributed by atoms with Crippen LogP contribution in [0, 0.1) is 6.92 Å². The van der Waals surface area contributed by atoms with Gasteiger partial charge in [0.05, 0.1) is 36.4 Å². The summed E-state index contributed by atoms with van der Waals surface area (Å²) in [5.41, 5.74) is 3.51. The van der Waals surface area contributed by atoms with Gasteiger partial charge in [0.25, 0.3) is 0 Å². The van der Waals surface area contributed by atoms with Crippen molar-refractivity contribution in [3.8, 4) is 17.1 Å². The number of hydrogen-bond acceptors (Lipinski definition) is 6. The van der Waals surface area contributed by atoms with E-state index >= 15 is 0 Å². The fourth-order valence-electron chi connectivity index (χ4n) is 3.26. The van der Waals surface area contributed by atoms with Gasteiger partial charge < -0.3 is 9.09 Å². The molecule has 1 aromatic carbocycles. The maximum atomic E-state index is 12.7. The van der Waals surface area contributed by atoms with Gasteiger partial charge in [0.1, 0.15) is 0 Å². The molecule has 0 spiro atoms. The number of alkyl halides is 3. The van der Waals surface area contributed by atoms with Crippen LogP contribution in [0.1, 0.15) is 28.9 Å². The Kier molecular flexibility index (Phi) is 4.93. The molecule has 0 amide bonds. The van der Waals surface area contributed by atoms with E-state index in [0.717, 1.165) is 27.1 Å². The zero-order valence-corrected chi connectivity index (χ0v) is 17.6. The van der Waals surface area contributed by atoms with E-state index in [0.29, 0.717) is 18.2 Å². The van der Waals surface area contributed by atoms with E-state index in [-0.39, 0.29) is 24.7 Å². The van der Waals surface area contributed by atoms with Gasteiger partial charge in [0.15, 0.2) is 17.5 Å². The largest absolute Gasteiger partial charge is 0.471 e. The van der Waals surface area contributed by atoms with Crippen LogP contribution in [-0.2, 0) is 19.1 Å². The summed E-state index contributed by atoms with van der Waals surface area (Å²) >= 11 is 3.47. The maximum absolute atomic E-state index is 12.7. The lowest BCUT2D eigenvalue weighted by atomic mass is 10.1. The van der Waals surface area contributed by atoms with E-state index in [2.05, 4.69) is 45.7 Å². The molecule has 4 heterocycles. The molecular weight excluding hydrogens is 491 g/mol. The second kappa shape index (κ2) is 7.20. The predicted octanol–water partition coefficient (Wildman–Crippen LogP) is 3.98. The second-order valence-corrected chi connectivity index (χ2v) is 7.42. The Morgan fingerprint density at radius 3 is 2.73 bits per heavy atom. The second-order valence-electron chi connectivity index (χ2n) is 6.51. The molecule has 0 N–H and O–H groups in total. The highest BCUT2D eigenvalue weighted by Gasteiger charge is 2.38. The summed E-state index contributed by atoms with van der Waals surface area (Å²) in [6.45, 7) is 2.33. The number of halogens is 5. The quantitative estimate of drug-likeness (QED) is 0.363. The number of aryl methyl sites for hydroxylation is 1. The van der Waals surface area contributed by atoms with Crippen LogP contribution in [0.25, 0.3) is 17.1 Å². The van der Waals surface area contributed by atoms with Gasteiger partial charge in [-0.15, -0.1) is 12.4 Å². The minimum Gasteiger partial charge on any atom is -0.329 e. The van der Waals surface area contributed by atoms with Gasteiger partial charge in [-0.3, -0.25) is 0 Å².